The van der Waals surface area contributed by atoms with Crippen molar-refractivity contribution in [3.63, 3.8) is 0 Å². The number of nitrogens with two attached hydrogens (primary N) is 1. The van der Waals surface area contributed by atoms with Crippen LogP contribution in [0.2, 0.25) is 0 Å². The molecule has 39 heavy (non-hydrogen) atoms. The molecule has 0 fully saturated rings. The Morgan fingerprint density at radius 3 is 2.00 bits per heavy atom. The monoisotopic (exact) mass is 548 g/mol. The molecule has 2 atom stereocenters. The number of aryl methyl sites for hydroxylation is 2. The number of hydrogen-bond donors (Lipinski definition) is 3. The highest BCUT2D eigenvalue weighted by atomic mass is 16.6. The summed E-state index contributed by atoms with van der Waals surface area (Å²) in [6, 6.07) is 2.96. The molecule has 0 heterocycles. The van der Waals surface area contributed by atoms with Gasteiger partial charge in [-0.2, -0.15) is 0 Å². The van der Waals surface area contributed by atoms with E-state index in [0.717, 1.165) is 11.1 Å². The first-order chi connectivity index (χ1) is 17.9. The molecule has 1 aromatic carbocycles. The molecule has 0 saturated heterocycles. The fraction of sp³-hybridized carbons (Fsp3) is 0.607. The lowest BCUT2D eigenvalue weighted by molar-refractivity contribution is -0.149. The first kappa shape index (κ1) is 33.4. The number of carbonyl (C=O) groups excluding carboxylic acids is 5. The minimum absolute atomic E-state index is 0.00793. The zero-order valence-corrected chi connectivity index (χ0v) is 24.6. The van der Waals surface area contributed by atoms with Crippen LogP contribution in [0, 0.1) is 13.8 Å². The smallest absolute Gasteiger partial charge is 0.408 e. The van der Waals surface area contributed by atoms with Crippen LogP contribution >= 0.6 is 0 Å². The Morgan fingerprint density at radius 2 is 1.54 bits per heavy atom. The van der Waals surface area contributed by atoms with Crippen LogP contribution in [0.25, 0.3) is 0 Å². The molecule has 218 valence electrons. The molecule has 1 aromatic rings. The third-order valence-corrected chi connectivity index (χ3v) is 5.35. The summed E-state index contributed by atoms with van der Waals surface area (Å²) >= 11 is 0. The van der Waals surface area contributed by atoms with E-state index in [9.17, 15) is 24.0 Å². The van der Waals surface area contributed by atoms with Crippen LogP contribution in [0.1, 0.15) is 84.0 Å². The van der Waals surface area contributed by atoms with Crippen LogP contribution in [-0.4, -0.2) is 65.0 Å². The summed E-state index contributed by atoms with van der Waals surface area (Å²) in [5.41, 5.74) is 5.89. The van der Waals surface area contributed by atoms with Crippen molar-refractivity contribution in [2.24, 2.45) is 5.73 Å². The number of hydrogen-bond acceptors (Lipinski definition) is 7. The van der Waals surface area contributed by atoms with E-state index in [2.05, 4.69) is 10.6 Å². The van der Waals surface area contributed by atoms with E-state index >= 15 is 0 Å². The van der Waals surface area contributed by atoms with Crippen LogP contribution in [0.5, 0.6) is 0 Å². The Morgan fingerprint density at radius 1 is 0.974 bits per heavy atom. The van der Waals surface area contributed by atoms with Gasteiger partial charge < -0.3 is 30.7 Å². The summed E-state index contributed by atoms with van der Waals surface area (Å²) in [4.78, 5) is 65.4. The van der Waals surface area contributed by atoms with E-state index in [1.54, 1.807) is 60.6 Å². The molecule has 0 saturated carbocycles. The number of amides is 4. The number of benzene rings is 1. The van der Waals surface area contributed by atoms with Crippen molar-refractivity contribution in [1.29, 1.82) is 0 Å². The molecule has 0 aromatic heterocycles. The van der Waals surface area contributed by atoms with Crippen molar-refractivity contribution in [2.75, 3.05) is 13.2 Å². The predicted molar refractivity (Wildman–Crippen MR) is 146 cm³/mol. The van der Waals surface area contributed by atoms with Crippen molar-refractivity contribution >= 4 is 29.8 Å². The van der Waals surface area contributed by atoms with E-state index in [4.69, 9.17) is 15.2 Å². The number of carbonyl (C=O) groups is 5. The van der Waals surface area contributed by atoms with E-state index < -0.39 is 59.4 Å². The van der Waals surface area contributed by atoms with Crippen LogP contribution in [-0.2, 0) is 28.7 Å². The van der Waals surface area contributed by atoms with E-state index in [-0.39, 0.29) is 19.6 Å². The fourth-order valence-corrected chi connectivity index (χ4v) is 4.07. The minimum Gasteiger partial charge on any atom is -0.466 e. The van der Waals surface area contributed by atoms with Gasteiger partial charge in [-0.25, -0.2) is 4.79 Å². The first-order valence-corrected chi connectivity index (χ1v) is 13.0. The maximum Gasteiger partial charge on any atom is 0.408 e. The van der Waals surface area contributed by atoms with E-state index in [0.29, 0.717) is 5.56 Å². The Kier molecular flexibility index (Phi) is 12.0. The van der Waals surface area contributed by atoms with Gasteiger partial charge in [0.05, 0.1) is 19.4 Å². The standard InChI is InChI=1S/C28H44N4O7/c1-10-38-22(34)11-12-30-24(35)23(19-14-17(2)13-18(3)15-19)32(27(4,5)6)25(36)20(16-21(29)33)31-26(37)39-28(7,8)9/h13-15,20,23H,10-12,16H2,1-9H3,(H2,29,33)(H,30,35)(H,31,37). The number of primary amides is 1. The number of nitrogens with one attached hydrogen (secondary N) is 2. The van der Waals surface area contributed by atoms with Crippen molar-refractivity contribution in [2.45, 2.75) is 98.4 Å². The molecule has 2 unspecified atom stereocenters. The van der Waals surface area contributed by atoms with Gasteiger partial charge in [0, 0.05) is 12.1 Å². The number of ether oxygens (including phenoxy) is 2. The van der Waals surface area contributed by atoms with Gasteiger partial charge in [-0.15, -0.1) is 0 Å². The zero-order chi connectivity index (χ0) is 30.1. The third kappa shape index (κ3) is 11.3. The predicted octanol–water partition coefficient (Wildman–Crippen LogP) is 2.81. The number of rotatable bonds is 11. The lowest BCUT2D eigenvalue weighted by Gasteiger charge is -2.43. The molecule has 0 aliphatic carbocycles. The Balaban J connectivity index is 3.56. The third-order valence-electron chi connectivity index (χ3n) is 5.35. The molecule has 0 spiro atoms. The van der Waals surface area contributed by atoms with Gasteiger partial charge in [-0.1, -0.05) is 29.3 Å². The zero-order valence-electron chi connectivity index (χ0n) is 24.6. The lowest BCUT2D eigenvalue weighted by atomic mass is 9.93. The highest BCUT2D eigenvalue weighted by molar-refractivity contribution is 5.95. The van der Waals surface area contributed by atoms with Crippen LogP contribution in [0.4, 0.5) is 4.79 Å². The Hall–Kier alpha value is -3.63. The highest BCUT2D eigenvalue weighted by Crippen LogP contribution is 2.31. The molecule has 4 amide bonds. The Labute approximate surface area is 231 Å². The molecule has 11 nitrogen and oxygen atoms in total. The number of nitrogens with zero attached hydrogens (tertiary/aromatic N) is 1. The maximum absolute atomic E-state index is 14.1. The molecule has 0 aliphatic rings. The summed E-state index contributed by atoms with van der Waals surface area (Å²) < 4.78 is 10.2. The molecular formula is C28H44N4O7. The van der Waals surface area contributed by atoms with Gasteiger partial charge in [0.1, 0.15) is 17.7 Å². The second-order valence-corrected chi connectivity index (χ2v) is 11.4. The van der Waals surface area contributed by atoms with Gasteiger partial charge in [0.25, 0.3) is 0 Å². The van der Waals surface area contributed by atoms with Gasteiger partial charge in [-0.05, 0) is 67.9 Å². The van der Waals surface area contributed by atoms with Gasteiger partial charge in [0.15, 0.2) is 0 Å². The Bertz CT molecular complexity index is 1040. The normalized spacial score (nSPS) is 13.1. The molecule has 4 N–H and O–H groups in total. The van der Waals surface area contributed by atoms with Crippen LogP contribution in [0.15, 0.2) is 18.2 Å². The van der Waals surface area contributed by atoms with E-state index in [1.165, 1.54) is 4.90 Å². The topological polar surface area (TPSA) is 157 Å². The quantitative estimate of drug-likeness (QED) is 0.359. The van der Waals surface area contributed by atoms with Crippen LogP contribution < -0.4 is 16.4 Å². The summed E-state index contributed by atoms with van der Waals surface area (Å²) in [7, 11) is 0. The summed E-state index contributed by atoms with van der Waals surface area (Å²) in [5.74, 6) is -2.52. The molecular weight excluding hydrogens is 504 g/mol. The highest BCUT2D eigenvalue weighted by Gasteiger charge is 2.42. The lowest BCUT2D eigenvalue weighted by Crippen LogP contribution is -2.59. The van der Waals surface area contributed by atoms with Crippen molar-refractivity contribution in [1.82, 2.24) is 15.5 Å². The van der Waals surface area contributed by atoms with Crippen molar-refractivity contribution < 1.29 is 33.4 Å². The van der Waals surface area contributed by atoms with Crippen LogP contribution in [0.3, 0.4) is 0 Å². The molecule has 0 aliphatic heterocycles. The molecule has 0 radical (unpaired) electrons. The number of esters is 1. The fourth-order valence-electron chi connectivity index (χ4n) is 4.07. The second-order valence-electron chi connectivity index (χ2n) is 11.4. The second kappa shape index (κ2) is 14.0. The summed E-state index contributed by atoms with van der Waals surface area (Å²) in [6.07, 6.45) is -1.46. The first-order valence-electron chi connectivity index (χ1n) is 13.0. The average Bonchev–Trinajstić information content (AvgIpc) is 2.73. The molecule has 0 bridgehead atoms. The van der Waals surface area contributed by atoms with Gasteiger partial charge in [-0.3, -0.25) is 19.2 Å². The van der Waals surface area contributed by atoms with Gasteiger partial charge in [0.2, 0.25) is 17.7 Å². The molecule has 1 rings (SSSR count). The molecule has 11 heteroatoms. The average molecular weight is 549 g/mol. The summed E-state index contributed by atoms with van der Waals surface area (Å²) in [5, 5.41) is 5.18. The van der Waals surface area contributed by atoms with Gasteiger partial charge >= 0.3 is 12.1 Å². The maximum atomic E-state index is 14.1. The van der Waals surface area contributed by atoms with E-state index in [1.807, 2.05) is 19.9 Å². The summed E-state index contributed by atoms with van der Waals surface area (Å²) in [6.45, 7) is 15.8. The SMILES string of the molecule is CCOC(=O)CCNC(=O)C(c1cc(C)cc(C)c1)N(C(=O)C(CC(N)=O)NC(=O)OC(C)(C)C)C(C)(C)C. The van der Waals surface area contributed by atoms with Crippen molar-refractivity contribution in [3.8, 4) is 0 Å². The van der Waals surface area contributed by atoms with Crippen molar-refractivity contribution in [3.05, 3.63) is 34.9 Å². The largest absolute Gasteiger partial charge is 0.466 e. The number of alkyl carbamates (subject to hydrolysis) is 1. The minimum atomic E-state index is -1.39.